The minimum Gasteiger partial charge on any atom is -0.481 e. The van der Waals surface area contributed by atoms with Gasteiger partial charge >= 0.3 is 5.97 Å². The van der Waals surface area contributed by atoms with Gasteiger partial charge in [0.2, 0.25) is 0 Å². The van der Waals surface area contributed by atoms with Crippen molar-refractivity contribution in [1.29, 1.82) is 0 Å². The Morgan fingerprint density at radius 2 is 2.06 bits per heavy atom. The first-order valence-electron chi connectivity index (χ1n) is 6.55. The van der Waals surface area contributed by atoms with Crippen LogP contribution in [0.3, 0.4) is 0 Å². The monoisotopic (exact) mass is 243 g/mol. The Balaban J connectivity index is 2.71. The van der Waals surface area contributed by atoms with Crippen LogP contribution in [0.15, 0.2) is 0 Å². The topological polar surface area (TPSA) is 49.8 Å². The molecule has 1 aliphatic rings. The Kier molecular flexibility index (Phi) is 5.92. The van der Waals surface area contributed by atoms with Crippen LogP contribution in [0.5, 0.6) is 0 Å². The van der Waals surface area contributed by atoms with Crippen LogP contribution in [-0.4, -0.2) is 48.3 Å². The summed E-state index contributed by atoms with van der Waals surface area (Å²) in [6.45, 7) is 5.75. The van der Waals surface area contributed by atoms with Gasteiger partial charge in [0.05, 0.1) is 12.5 Å². The van der Waals surface area contributed by atoms with Gasteiger partial charge in [0.25, 0.3) is 0 Å². The maximum absolute atomic E-state index is 11.3. The van der Waals surface area contributed by atoms with Gasteiger partial charge in [-0.3, -0.25) is 9.69 Å². The van der Waals surface area contributed by atoms with Crippen molar-refractivity contribution in [3.8, 4) is 0 Å². The molecule has 1 N–H and O–H groups in total. The highest BCUT2D eigenvalue weighted by Gasteiger charge is 2.35. The summed E-state index contributed by atoms with van der Waals surface area (Å²) >= 11 is 0. The first-order valence-corrected chi connectivity index (χ1v) is 6.55. The molecule has 2 unspecified atom stereocenters. The van der Waals surface area contributed by atoms with Crippen molar-refractivity contribution in [2.24, 2.45) is 5.92 Å². The fourth-order valence-corrected chi connectivity index (χ4v) is 2.80. The minimum absolute atomic E-state index is 0.177. The SMILES string of the molecule is COCCN(C(C)C)C1CCCCC1C(=O)O. The third-order valence-electron chi connectivity index (χ3n) is 3.69. The normalized spacial score (nSPS) is 25.5. The third-order valence-corrected chi connectivity index (χ3v) is 3.69. The Morgan fingerprint density at radius 3 is 2.59 bits per heavy atom. The van der Waals surface area contributed by atoms with Crippen LogP contribution < -0.4 is 0 Å². The molecule has 4 nitrogen and oxygen atoms in total. The van der Waals surface area contributed by atoms with Crippen LogP contribution >= 0.6 is 0 Å². The van der Waals surface area contributed by atoms with Crippen LogP contribution in [0.25, 0.3) is 0 Å². The highest BCUT2D eigenvalue weighted by molar-refractivity contribution is 5.71. The van der Waals surface area contributed by atoms with E-state index in [0.717, 1.165) is 32.2 Å². The van der Waals surface area contributed by atoms with Gasteiger partial charge in [-0.25, -0.2) is 0 Å². The number of ether oxygens (including phenoxy) is 1. The molecule has 1 aliphatic carbocycles. The fraction of sp³-hybridized carbons (Fsp3) is 0.923. The van der Waals surface area contributed by atoms with Gasteiger partial charge < -0.3 is 9.84 Å². The number of carboxylic acid groups (broad SMARTS) is 1. The van der Waals surface area contributed by atoms with Gasteiger partial charge in [-0.1, -0.05) is 12.8 Å². The van der Waals surface area contributed by atoms with Crippen LogP contribution in [0.2, 0.25) is 0 Å². The molecule has 0 bridgehead atoms. The molecule has 1 saturated carbocycles. The molecule has 0 aromatic rings. The second-order valence-electron chi connectivity index (χ2n) is 5.12. The van der Waals surface area contributed by atoms with E-state index in [1.807, 2.05) is 0 Å². The average Bonchev–Trinajstić information content (AvgIpc) is 2.29. The van der Waals surface area contributed by atoms with Gasteiger partial charge in [0, 0.05) is 25.7 Å². The van der Waals surface area contributed by atoms with Gasteiger partial charge in [0.15, 0.2) is 0 Å². The maximum Gasteiger partial charge on any atom is 0.308 e. The van der Waals surface area contributed by atoms with E-state index >= 15 is 0 Å². The number of rotatable bonds is 6. The van der Waals surface area contributed by atoms with E-state index in [4.69, 9.17) is 4.74 Å². The second kappa shape index (κ2) is 6.97. The number of carboxylic acids is 1. The summed E-state index contributed by atoms with van der Waals surface area (Å²) in [5.41, 5.74) is 0. The number of carbonyl (C=O) groups is 1. The largest absolute Gasteiger partial charge is 0.481 e. The summed E-state index contributed by atoms with van der Waals surface area (Å²) in [5, 5.41) is 9.31. The zero-order valence-corrected chi connectivity index (χ0v) is 11.2. The molecular formula is C13H25NO3. The van der Waals surface area contributed by atoms with Crippen LogP contribution in [0, 0.1) is 5.92 Å². The number of nitrogens with zero attached hydrogens (tertiary/aromatic N) is 1. The fourth-order valence-electron chi connectivity index (χ4n) is 2.80. The lowest BCUT2D eigenvalue weighted by molar-refractivity contribution is -0.146. The Labute approximate surface area is 104 Å². The standard InChI is InChI=1S/C13H25NO3/c1-10(2)14(8-9-17-3)12-7-5-4-6-11(12)13(15)16/h10-12H,4-9H2,1-3H3,(H,15,16). The molecule has 1 fully saturated rings. The van der Waals surface area contributed by atoms with Gasteiger partial charge in [-0.2, -0.15) is 0 Å². The van der Waals surface area contributed by atoms with Crippen molar-refractivity contribution < 1.29 is 14.6 Å². The molecule has 0 aliphatic heterocycles. The highest BCUT2D eigenvalue weighted by atomic mass is 16.5. The van der Waals surface area contributed by atoms with E-state index in [1.165, 1.54) is 0 Å². The minimum atomic E-state index is -0.641. The van der Waals surface area contributed by atoms with Crippen LogP contribution in [0.4, 0.5) is 0 Å². The van der Waals surface area contributed by atoms with E-state index in [1.54, 1.807) is 7.11 Å². The van der Waals surface area contributed by atoms with Crippen molar-refractivity contribution >= 4 is 5.97 Å². The highest BCUT2D eigenvalue weighted by Crippen LogP contribution is 2.29. The number of aliphatic carboxylic acids is 1. The molecular weight excluding hydrogens is 218 g/mol. The van der Waals surface area contributed by atoms with Crippen molar-refractivity contribution in [3.05, 3.63) is 0 Å². The number of hydrogen-bond donors (Lipinski definition) is 1. The molecule has 17 heavy (non-hydrogen) atoms. The zero-order chi connectivity index (χ0) is 12.8. The molecule has 0 aromatic carbocycles. The zero-order valence-electron chi connectivity index (χ0n) is 11.2. The van der Waals surface area contributed by atoms with Crippen LogP contribution in [-0.2, 0) is 9.53 Å². The first-order chi connectivity index (χ1) is 8.07. The van der Waals surface area contributed by atoms with E-state index in [9.17, 15) is 9.90 Å². The predicted octanol–water partition coefficient (Wildman–Crippen LogP) is 1.99. The first kappa shape index (κ1) is 14.5. The summed E-state index contributed by atoms with van der Waals surface area (Å²) in [4.78, 5) is 13.6. The van der Waals surface area contributed by atoms with Gasteiger partial charge in [-0.05, 0) is 26.7 Å². The van der Waals surface area contributed by atoms with Gasteiger partial charge in [0.1, 0.15) is 0 Å². The third kappa shape index (κ3) is 3.96. The molecule has 1 rings (SSSR count). The Hall–Kier alpha value is -0.610. The van der Waals surface area contributed by atoms with Crippen molar-refractivity contribution in [2.75, 3.05) is 20.3 Å². The summed E-state index contributed by atoms with van der Waals surface area (Å²) in [5.74, 6) is -0.847. The smallest absolute Gasteiger partial charge is 0.308 e. The lowest BCUT2D eigenvalue weighted by atomic mass is 9.83. The van der Waals surface area contributed by atoms with E-state index in [2.05, 4.69) is 18.7 Å². The molecule has 0 saturated heterocycles. The van der Waals surface area contributed by atoms with Crippen molar-refractivity contribution in [3.63, 3.8) is 0 Å². The predicted molar refractivity (Wildman–Crippen MR) is 67.1 cm³/mol. The molecule has 0 spiro atoms. The molecule has 4 heteroatoms. The summed E-state index contributed by atoms with van der Waals surface area (Å²) in [6, 6.07) is 0.548. The quantitative estimate of drug-likeness (QED) is 0.775. The molecule has 0 amide bonds. The number of hydrogen-bond acceptors (Lipinski definition) is 3. The average molecular weight is 243 g/mol. The van der Waals surface area contributed by atoms with Crippen molar-refractivity contribution in [2.45, 2.75) is 51.6 Å². The van der Waals surface area contributed by atoms with E-state index in [-0.39, 0.29) is 12.0 Å². The summed E-state index contributed by atoms with van der Waals surface area (Å²) in [6.07, 6.45) is 4.00. The maximum atomic E-state index is 11.3. The summed E-state index contributed by atoms with van der Waals surface area (Å²) in [7, 11) is 1.69. The number of methoxy groups -OCH3 is 1. The molecule has 0 heterocycles. The van der Waals surface area contributed by atoms with Gasteiger partial charge in [-0.15, -0.1) is 0 Å². The lowest BCUT2D eigenvalue weighted by Crippen LogP contribution is -2.49. The molecule has 0 aromatic heterocycles. The molecule has 2 atom stereocenters. The lowest BCUT2D eigenvalue weighted by Gasteiger charge is -2.40. The van der Waals surface area contributed by atoms with Crippen LogP contribution in [0.1, 0.15) is 39.5 Å². The summed E-state index contributed by atoms with van der Waals surface area (Å²) < 4.78 is 5.12. The second-order valence-corrected chi connectivity index (χ2v) is 5.12. The molecule has 100 valence electrons. The van der Waals surface area contributed by atoms with E-state index < -0.39 is 5.97 Å². The Morgan fingerprint density at radius 1 is 1.41 bits per heavy atom. The molecule has 0 radical (unpaired) electrons. The Bertz CT molecular complexity index is 243. The van der Waals surface area contributed by atoms with E-state index in [0.29, 0.717) is 12.6 Å². The van der Waals surface area contributed by atoms with Crippen molar-refractivity contribution in [1.82, 2.24) is 4.90 Å².